The fourth-order valence-electron chi connectivity index (χ4n) is 1.08. The molecular weight excluding hydrogens is 243 g/mol. The molecule has 0 saturated carbocycles. The Labute approximate surface area is 91.9 Å². The van der Waals surface area contributed by atoms with E-state index in [1.165, 1.54) is 19.9 Å². The summed E-state index contributed by atoms with van der Waals surface area (Å²) in [5, 5.41) is 9.25. The van der Waals surface area contributed by atoms with Crippen molar-refractivity contribution >= 4 is 19.7 Å². The highest BCUT2D eigenvalue weighted by Gasteiger charge is 2.23. The zero-order valence-electron chi connectivity index (χ0n) is 8.16. The van der Waals surface area contributed by atoms with E-state index in [9.17, 15) is 17.9 Å². The summed E-state index contributed by atoms with van der Waals surface area (Å²) in [5.74, 6) is -0.488. The third-order valence-electron chi connectivity index (χ3n) is 1.91. The van der Waals surface area contributed by atoms with Crippen LogP contribution in [0.1, 0.15) is 19.4 Å². The SMILES string of the molecule is CC(C)(F)c1ccc(O)c(S(=O)(=O)Cl)c1. The van der Waals surface area contributed by atoms with Crippen molar-refractivity contribution in [3.63, 3.8) is 0 Å². The standard InChI is InChI=1S/C9H10ClFO3S/c1-9(2,11)6-3-4-7(12)8(5-6)15(10,13)14/h3-5,12H,1-2H3. The van der Waals surface area contributed by atoms with Crippen LogP contribution in [0.2, 0.25) is 0 Å². The molecule has 0 saturated heterocycles. The van der Waals surface area contributed by atoms with Crippen LogP contribution in [-0.2, 0) is 14.7 Å². The Balaban J connectivity index is 3.43. The van der Waals surface area contributed by atoms with Gasteiger partial charge in [-0.05, 0) is 31.5 Å². The molecule has 15 heavy (non-hydrogen) atoms. The molecule has 0 aliphatic carbocycles. The Morgan fingerprint density at radius 1 is 1.40 bits per heavy atom. The molecule has 0 bridgehead atoms. The number of phenolic OH excluding ortho intramolecular Hbond substituents is 1. The lowest BCUT2D eigenvalue weighted by Crippen LogP contribution is -2.09. The Morgan fingerprint density at radius 2 is 1.93 bits per heavy atom. The molecule has 0 aromatic heterocycles. The molecule has 0 aliphatic rings. The van der Waals surface area contributed by atoms with Gasteiger partial charge in [0.1, 0.15) is 16.3 Å². The zero-order valence-corrected chi connectivity index (χ0v) is 9.73. The van der Waals surface area contributed by atoms with Gasteiger partial charge in [0.2, 0.25) is 0 Å². The van der Waals surface area contributed by atoms with Crippen molar-refractivity contribution in [3.8, 4) is 5.75 Å². The predicted molar refractivity (Wildman–Crippen MR) is 55.3 cm³/mol. The summed E-state index contributed by atoms with van der Waals surface area (Å²) in [5.41, 5.74) is -1.55. The van der Waals surface area contributed by atoms with Gasteiger partial charge in [-0.2, -0.15) is 0 Å². The average Bonchev–Trinajstić information content (AvgIpc) is 2.00. The van der Waals surface area contributed by atoms with Gasteiger partial charge in [-0.1, -0.05) is 6.07 Å². The summed E-state index contributed by atoms with van der Waals surface area (Å²) in [6.45, 7) is 2.56. The molecule has 0 unspecified atom stereocenters. The Kier molecular flexibility index (Phi) is 2.98. The number of hydrogen-bond donors (Lipinski definition) is 1. The van der Waals surface area contributed by atoms with Gasteiger partial charge in [0.05, 0.1) is 0 Å². The van der Waals surface area contributed by atoms with Gasteiger partial charge < -0.3 is 5.11 Å². The maximum atomic E-state index is 13.5. The molecule has 1 N–H and O–H groups in total. The molecule has 84 valence electrons. The number of aromatic hydroxyl groups is 1. The van der Waals surface area contributed by atoms with E-state index in [0.29, 0.717) is 0 Å². The van der Waals surface area contributed by atoms with Crippen LogP contribution in [0, 0.1) is 0 Å². The van der Waals surface area contributed by atoms with Crippen molar-refractivity contribution in [2.24, 2.45) is 0 Å². The van der Waals surface area contributed by atoms with E-state index in [-0.39, 0.29) is 5.56 Å². The summed E-state index contributed by atoms with van der Waals surface area (Å²) < 4.78 is 35.5. The number of halogens is 2. The van der Waals surface area contributed by atoms with E-state index in [0.717, 1.165) is 12.1 Å². The first-order chi connectivity index (χ1) is 6.62. The minimum Gasteiger partial charge on any atom is -0.507 e. The van der Waals surface area contributed by atoms with Crippen LogP contribution in [0.4, 0.5) is 4.39 Å². The average molecular weight is 253 g/mol. The molecule has 0 radical (unpaired) electrons. The van der Waals surface area contributed by atoms with Crippen LogP contribution < -0.4 is 0 Å². The molecule has 3 nitrogen and oxygen atoms in total. The minimum absolute atomic E-state index is 0.138. The van der Waals surface area contributed by atoms with Gasteiger partial charge in [-0.15, -0.1) is 0 Å². The number of hydrogen-bond acceptors (Lipinski definition) is 3. The van der Waals surface area contributed by atoms with E-state index in [4.69, 9.17) is 10.7 Å². The third-order valence-corrected chi connectivity index (χ3v) is 3.26. The molecule has 0 amide bonds. The molecule has 0 fully saturated rings. The molecular formula is C9H10ClFO3S. The smallest absolute Gasteiger partial charge is 0.264 e. The number of benzene rings is 1. The van der Waals surface area contributed by atoms with Crippen molar-refractivity contribution in [2.45, 2.75) is 24.4 Å². The molecule has 0 spiro atoms. The van der Waals surface area contributed by atoms with Gasteiger partial charge in [-0.25, -0.2) is 12.8 Å². The molecule has 0 aliphatic heterocycles. The highest BCUT2D eigenvalue weighted by molar-refractivity contribution is 8.13. The van der Waals surface area contributed by atoms with E-state index in [2.05, 4.69) is 0 Å². The molecule has 1 rings (SSSR count). The fourth-order valence-corrected chi connectivity index (χ4v) is 2.04. The van der Waals surface area contributed by atoms with E-state index in [1.807, 2.05) is 0 Å². The first kappa shape index (κ1) is 12.3. The van der Waals surface area contributed by atoms with Crippen LogP contribution in [0.3, 0.4) is 0 Å². The fraction of sp³-hybridized carbons (Fsp3) is 0.333. The summed E-state index contributed by atoms with van der Waals surface area (Å²) in [6.07, 6.45) is 0. The number of alkyl halides is 1. The van der Waals surface area contributed by atoms with Crippen molar-refractivity contribution in [2.75, 3.05) is 0 Å². The lowest BCUT2D eigenvalue weighted by molar-refractivity contribution is 0.221. The molecule has 1 aromatic rings. The second-order valence-electron chi connectivity index (χ2n) is 3.59. The van der Waals surface area contributed by atoms with E-state index >= 15 is 0 Å². The zero-order chi connectivity index (χ0) is 11.9. The predicted octanol–water partition coefficient (Wildman–Crippen LogP) is 2.52. The Morgan fingerprint density at radius 3 is 2.33 bits per heavy atom. The highest BCUT2D eigenvalue weighted by Crippen LogP contribution is 2.32. The first-order valence-electron chi connectivity index (χ1n) is 4.09. The third kappa shape index (κ3) is 2.82. The van der Waals surface area contributed by atoms with Crippen molar-refractivity contribution in [3.05, 3.63) is 23.8 Å². The summed E-state index contributed by atoms with van der Waals surface area (Å²) in [6, 6.07) is 3.44. The second kappa shape index (κ2) is 3.64. The van der Waals surface area contributed by atoms with Crippen molar-refractivity contribution < 1.29 is 17.9 Å². The molecule has 1 aromatic carbocycles. The Bertz CT molecular complexity index is 477. The van der Waals surface area contributed by atoms with Crippen LogP contribution in [0.25, 0.3) is 0 Å². The minimum atomic E-state index is -4.06. The van der Waals surface area contributed by atoms with Crippen LogP contribution in [0.5, 0.6) is 5.75 Å². The number of phenols is 1. The molecule has 6 heteroatoms. The van der Waals surface area contributed by atoms with Gasteiger partial charge in [-0.3, -0.25) is 0 Å². The summed E-state index contributed by atoms with van der Waals surface area (Å²) >= 11 is 0. The normalized spacial score (nSPS) is 12.8. The van der Waals surface area contributed by atoms with Gasteiger partial charge in [0.15, 0.2) is 0 Å². The van der Waals surface area contributed by atoms with Crippen LogP contribution >= 0.6 is 10.7 Å². The maximum absolute atomic E-state index is 13.5. The molecule has 0 atom stereocenters. The lowest BCUT2D eigenvalue weighted by Gasteiger charge is -2.15. The van der Waals surface area contributed by atoms with E-state index < -0.39 is 25.4 Å². The van der Waals surface area contributed by atoms with Gasteiger partial charge >= 0.3 is 0 Å². The lowest BCUT2D eigenvalue weighted by atomic mass is 10.0. The first-order valence-corrected chi connectivity index (χ1v) is 6.40. The largest absolute Gasteiger partial charge is 0.507 e. The van der Waals surface area contributed by atoms with Gasteiger partial charge in [0, 0.05) is 10.7 Å². The van der Waals surface area contributed by atoms with Crippen LogP contribution in [0.15, 0.2) is 23.1 Å². The topological polar surface area (TPSA) is 54.4 Å². The molecule has 0 heterocycles. The monoisotopic (exact) mass is 252 g/mol. The van der Waals surface area contributed by atoms with Crippen LogP contribution in [-0.4, -0.2) is 13.5 Å². The van der Waals surface area contributed by atoms with Crippen molar-refractivity contribution in [1.82, 2.24) is 0 Å². The maximum Gasteiger partial charge on any atom is 0.264 e. The van der Waals surface area contributed by atoms with E-state index in [1.54, 1.807) is 0 Å². The Hall–Kier alpha value is -0.810. The van der Waals surface area contributed by atoms with Gasteiger partial charge in [0.25, 0.3) is 9.05 Å². The quantitative estimate of drug-likeness (QED) is 0.823. The summed E-state index contributed by atoms with van der Waals surface area (Å²) in [4.78, 5) is -0.479. The summed E-state index contributed by atoms with van der Waals surface area (Å²) in [7, 11) is 1.01. The van der Waals surface area contributed by atoms with Crippen molar-refractivity contribution in [1.29, 1.82) is 0 Å². The highest BCUT2D eigenvalue weighted by atomic mass is 35.7. The number of rotatable bonds is 2. The second-order valence-corrected chi connectivity index (χ2v) is 6.13.